The highest BCUT2D eigenvalue weighted by Gasteiger charge is 2.31. The standard InChI is InChI=1S/C12H16O2/c1-8-3-4-9-5-6-12(14-2)10(9)7-11(8)13/h3-4,7-9,12H,5-6H2,1-2H3/t8-,9-,12+/m1/s1. The van der Waals surface area contributed by atoms with Gasteiger partial charge >= 0.3 is 0 Å². The van der Waals surface area contributed by atoms with Crippen LogP contribution in [0, 0.1) is 11.8 Å². The Balaban J connectivity index is 2.31. The molecule has 0 aromatic heterocycles. The molecule has 0 aromatic rings. The van der Waals surface area contributed by atoms with Gasteiger partial charge in [0.25, 0.3) is 0 Å². The van der Waals surface area contributed by atoms with Crippen molar-refractivity contribution in [3.05, 3.63) is 23.8 Å². The molecule has 0 amide bonds. The first-order valence-electron chi connectivity index (χ1n) is 5.19. The quantitative estimate of drug-likeness (QED) is 0.595. The number of hydrogen-bond donors (Lipinski definition) is 0. The molecule has 0 unspecified atom stereocenters. The Morgan fingerprint density at radius 3 is 2.86 bits per heavy atom. The van der Waals surface area contributed by atoms with E-state index in [1.54, 1.807) is 13.2 Å². The van der Waals surface area contributed by atoms with Gasteiger partial charge in [0.05, 0.1) is 6.10 Å². The van der Waals surface area contributed by atoms with Gasteiger partial charge in [-0.15, -0.1) is 0 Å². The topological polar surface area (TPSA) is 26.3 Å². The molecule has 2 nitrogen and oxygen atoms in total. The van der Waals surface area contributed by atoms with Crippen molar-refractivity contribution >= 4 is 5.78 Å². The van der Waals surface area contributed by atoms with Gasteiger partial charge in [-0.05, 0) is 24.5 Å². The third kappa shape index (κ3) is 1.55. The summed E-state index contributed by atoms with van der Waals surface area (Å²) < 4.78 is 5.37. The first kappa shape index (κ1) is 9.66. The molecule has 0 bridgehead atoms. The van der Waals surface area contributed by atoms with Crippen LogP contribution in [0.2, 0.25) is 0 Å². The highest BCUT2D eigenvalue weighted by molar-refractivity contribution is 5.94. The van der Waals surface area contributed by atoms with Gasteiger partial charge in [-0.25, -0.2) is 0 Å². The van der Waals surface area contributed by atoms with Gasteiger partial charge in [-0.3, -0.25) is 4.79 Å². The molecule has 0 N–H and O–H groups in total. The largest absolute Gasteiger partial charge is 0.377 e. The van der Waals surface area contributed by atoms with E-state index in [1.807, 2.05) is 13.0 Å². The van der Waals surface area contributed by atoms with Crippen LogP contribution < -0.4 is 0 Å². The molecule has 0 saturated heterocycles. The Hall–Kier alpha value is -0.890. The molecule has 1 fully saturated rings. The molecule has 0 radical (unpaired) electrons. The predicted molar refractivity (Wildman–Crippen MR) is 54.9 cm³/mol. The summed E-state index contributed by atoms with van der Waals surface area (Å²) in [6, 6.07) is 0. The van der Waals surface area contributed by atoms with Gasteiger partial charge in [0.1, 0.15) is 0 Å². The molecule has 0 heterocycles. The van der Waals surface area contributed by atoms with E-state index in [4.69, 9.17) is 4.74 Å². The number of methoxy groups -OCH3 is 1. The van der Waals surface area contributed by atoms with E-state index in [-0.39, 0.29) is 17.8 Å². The molecule has 2 heteroatoms. The minimum absolute atomic E-state index is 0.0330. The molecule has 0 spiro atoms. The minimum atomic E-state index is 0.0330. The Morgan fingerprint density at radius 1 is 1.36 bits per heavy atom. The van der Waals surface area contributed by atoms with Crippen molar-refractivity contribution in [3.8, 4) is 0 Å². The highest BCUT2D eigenvalue weighted by atomic mass is 16.5. The second kappa shape index (κ2) is 3.70. The van der Waals surface area contributed by atoms with Crippen LogP contribution >= 0.6 is 0 Å². The van der Waals surface area contributed by atoms with Crippen LogP contribution in [-0.4, -0.2) is 19.0 Å². The molecule has 2 rings (SSSR count). The summed E-state index contributed by atoms with van der Waals surface area (Å²) in [5.41, 5.74) is 1.18. The van der Waals surface area contributed by atoms with Crippen molar-refractivity contribution in [1.82, 2.24) is 0 Å². The molecular weight excluding hydrogens is 176 g/mol. The summed E-state index contributed by atoms with van der Waals surface area (Å²) in [5, 5.41) is 0. The normalized spacial score (nSPS) is 36.6. The van der Waals surface area contributed by atoms with Crippen LogP contribution in [0.1, 0.15) is 19.8 Å². The molecule has 0 aromatic carbocycles. The van der Waals surface area contributed by atoms with Gasteiger partial charge in [-0.1, -0.05) is 19.1 Å². The fourth-order valence-corrected chi connectivity index (χ4v) is 2.26. The fraction of sp³-hybridized carbons (Fsp3) is 0.583. The molecule has 0 aliphatic heterocycles. The maximum atomic E-state index is 11.6. The Labute approximate surface area is 84.6 Å². The van der Waals surface area contributed by atoms with Gasteiger partial charge in [0.15, 0.2) is 5.78 Å². The first-order chi connectivity index (χ1) is 6.72. The van der Waals surface area contributed by atoms with Crippen LogP contribution in [0.15, 0.2) is 23.8 Å². The molecule has 3 atom stereocenters. The second-order valence-electron chi connectivity index (χ2n) is 4.13. The average molecular weight is 192 g/mol. The van der Waals surface area contributed by atoms with Gasteiger partial charge in [0.2, 0.25) is 0 Å². The number of hydrogen-bond acceptors (Lipinski definition) is 2. The SMILES string of the molecule is CO[C@H]1CC[C@H]2C=C[C@@H](C)C(=O)C=C21. The highest BCUT2D eigenvalue weighted by Crippen LogP contribution is 2.36. The molecule has 2 aliphatic carbocycles. The smallest absolute Gasteiger partial charge is 0.162 e. The molecular formula is C12H16O2. The number of rotatable bonds is 1. The number of allylic oxidation sites excluding steroid dienone is 3. The van der Waals surface area contributed by atoms with Crippen molar-refractivity contribution in [2.24, 2.45) is 11.8 Å². The van der Waals surface area contributed by atoms with E-state index in [0.29, 0.717) is 5.92 Å². The van der Waals surface area contributed by atoms with E-state index < -0.39 is 0 Å². The summed E-state index contributed by atoms with van der Waals surface area (Å²) in [6.07, 6.45) is 8.31. The lowest BCUT2D eigenvalue weighted by Crippen LogP contribution is -2.11. The predicted octanol–water partition coefficient (Wildman–Crippen LogP) is 2.11. The summed E-state index contributed by atoms with van der Waals surface area (Å²) in [4.78, 5) is 11.6. The zero-order valence-corrected chi connectivity index (χ0v) is 8.69. The van der Waals surface area contributed by atoms with E-state index in [9.17, 15) is 4.79 Å². The fourth-order valence-electron chi connectivity index (χ4n) is 2.26. The lowest BCUT2D eigenvalue weighted by Gasteiger charge is -2.11. The van der Waals surface area contributed by atoms with Crippen LogP contribution in [0.4, 0.5) is 0 Å². The van der Waals surface area contributed by atoms with Crippen LogP contribution in [0.3, 0.4) is 0 Å². The van der Waals surface area contributed by atoms with Crippen molar-refractivity contribution < 1.29 is 9.53 Å². The minimum Gasteiger partial charge on any atom is -0.377 e. The molecule has 14 heavy (non-hydrogen) atoms. The monoisotopic (exact) mass is 192 g/mol. The lowest BCUT2D eigenvalue weighted by atomic mass is 10.0. The van der Waals surface area contributed by atoms with Crippen LogP contribution in [-0.2, 0) is 9.53 Å². The summed E-state index contributed by atoms with van der Waals surface area (Å²) in [7, 11) is 1.72. The summed E-state index contributed by atoms with van der Waals surface area (Å²) in [5.74, 6) is 0.683. The molecule has 1 saturated carbocycles. The van der Waals surface area contributed by atoms with Crippen molar-refractivity contribution in [1.29, 1.82) is 0 Å². The second-order valence-corrected chi connectivity index (χ2v) is 4.13. The van der Waals surface area contributed by atoms with E-state index in [0.717, 1.165) is 12.8 Å². The first-order valence-corrected chi connectivity index (χ1v) is 5.19. The average Bonchev–Trinajstić information content (AvgIpc) is 2.50. The molecule has 2 aliphatic rings. The lowest BCUT2D eigenvalue weighted by molar-refractivity contribution is -0.116. The van der Waals surface area contributed by atoms with E-state index >= 15 is 0 Å². The maximum absolute atomic E-state index is 11.6. The number of ketones is 1. The van der Waals surface area contributed by atoms with Gasteiger partial charge < -0.3 is 4.74 Å². The van der Waals surface area contributed by atoms with Crippen molar-refractivity contribution in [2.75, 3.05) is 7.11 Å². The number of carbonyl (C=O) groups is 1. The maximum Gasteiger partial charge on any atom is 0.162 e. The van der Waals surface area contributed by atoms with E-state index in [2.05, 4.69) is 6.08 Å². The Bertz CT molecular complexity index is 301. The van der Waals surface area contributed by atoms with Crippen LogP contribution in [0.25, 0.3) is 0 Å². The summed E-state index contributed by atoms with van der Waals surface area (Å²) in [6.45, 7) is 1.94. The Kier molecular flexibility index (Phi) is 2.55. The third-order valence-electron chi connectivity index (χ3n) is 3.21. The van der Waals surface area contributed by atoms with Crippen molar-refractivity contribution in [3.63, 3.8) is 0 Å². The Morgan fingerprint density at radius 2 is 2.14 bits per heavy atom. The number of ether oxygens (including phenoxy) is 1. The van der Waals surface area contributed by atoms with Gasteiger partial charge in [-0.2, -0.15) is 0 Å². The zero-order valence-electron chi connectivity index (χ0n) is 8.69. The van der Waals surface area contributed by atoms with Crippen LogP contribution in [0.5, 0.6) is 0 Å². The zero-order chi connectivity index (χ0) is 10.1. The molecule has 76 valence electrons. The van der Waals surface area contributed by atoms with Gasteiger partial charge in [0, 0.05) is 18.9 Å². The number of fused-ring (bicyclic) bond motifs is 1. The number of carbonyl (C=O) groups excluding carboxylic acids is 1. The summed E-state index contributed by atoms with van der Waals surface area (Å²) >= 11 is 0. The third-order valence-corrected chi connectivity index (χ3v) is 3.21. The van der Waals surface area contributed by atoms with Crippen molar-refractivity contribution in [2.45, 2.75) is 25.9 Å². The van der Waals surface area contributed by atoms with E-state index in [1.165, 1.54) is 5.57 Å².